The highest BCUT2D eigenvalue weighted by Gasteiger charge is 2.39. The summed E-state index contributed by atoms with van der Waals surface area (Å²) in [7, 11) is 0. The second-order valence-corrected chi connectivity index (χ2v) is 8.25. The van der Waals surface area contributed by atoms with Crippen LogP contribution in [0.2, 0.25) is 5.02 Å². The minimum absolute atomic E-state index is 0.0634. The molecule has 3 atom stereocenters. The number of pyridine rings is 1. The molecule has 4 N–H and O–H groups in total. The van der Waals surface area contributed by atoms with Crippen molar-refractivity contribution in [2.24, 2.45) is 16.6 Å². The van der Waals surface area contributed by atoms with Crippen molar-refractivity contribution in [3.05, 3.63) is 58.9 Å². The number of nitrogens with one attached hydrogen (secondary N) is 2. The summed E-state index contributed by atoms with van der Waals surface area (Å²) in [5, 5.41) is 6.17. The fourth-order valence-corrected chi connectivity index (χ4v) is 3.65. The van der Waals surface area contributed by atoms with E-state index >= 15 is 0 Å². The summed E-state index contributed by atoms with van der Waals surface area (Å²) in [6, 6.07) is 10.8. The van der Waals surface area contributed by atoms with Gasteiger partial charge in [-0.15, -0.1) is 0 Å². The Morgan fingerprint density at radius 3 is 2.86 bits per heavy atom. The third-order valence-electron chi connectivity index (χ3n) is 5.31. The van der Waals surface area contributed by atoms with Crippen LogP contribution in [-0.4, -0.2) is 28.7 Å². The van der Waals surface area contributed by atoms with E-state index in [2.05, 4.69) is 15.6 Å². The number of aromatic nitrogens is 1. The van der Waals surface area contributed by atoms with Crippen LogP contribution < -0.4 is 16.4 Å². The molecule has 1 aliphatic heterocycles. The zero-order valence-electron chi connectivity index (χ0n) is 16.0. The molecule has 2 aromatic rings. The number of carbonyl (C=O) groups is 2. The highest BCUT2D eigenvalue weighted by atomic mass is 35.5. The standard InChI is InChI=1S/C21H22ClN5O2/c1-21(10-19(28)26-18(27-21)8-12-7-16(12)23)13-3-2-4-15(9-13)25-20(29)17-6-5-14(22)11-24-17/h2-6,9,11-12,16H,7-8,10,23H2,1H3,(H,25,29)(H,26,27,28)/t12?,16?,21-/m0/s1. The van der Waals surface area contributed by atoms with Gasteiger partial charge in [-0.1, -0.05) is 23.7 Å². The number of halogens is 1. The summed E-state index contributed by atoms with van der Waals surface area (Å²) in [4.78, 5) is 33.6. The summed E-state index contributed by atoms with van der Waals surface area (Å²) in [5.41, 5.74) is 6.93. The van der Waals surface area contributed by atoms with Crippen LogP contribution in [0.1, 0.15) is 42.2 Å². The van der Waals surface area contributed by atoms with Crippen LogP contribution in [0.25, 0.3) is 0 Å². The van der Waals surface area contributed by atoms with E-state index in [0.29, 0.717) is 28.9 Å². The van der Waals surface area contributed by atoms with Crippen molar-refractivity contribution in [1.29, 1.82) is 0 Å². The molecule has 8 heteroatoms. The van der Waals surface area contributed by atoms with Crippen molar-refractivity contribution in [3.63, 3.8) is 0 Å². The summed E-state index contributed by atoms with van der Waals surface area (Å²) >= 11 is 5.82. The molecule has 1 saturated carbocycles. The molecule has 1 aromatic carbocycles. The molecule has 2 amide bonds. The highest BCUT2D eigenvalue weighted by molar-refractivity contribution is 6.30. The number of aliphatic imine (C=N–C) groups is 1. The van der Waals surface area contributed by atoms with Gasteiger partial charge in [0.15, 0.2) is 0 Å². The molecular weight excluding hydrogens is 390 g/mol. The first kappa shape index (κ1) is 19.5. The molecular formula is C21H22ClN5O2. The van der Waals surface area contributed by atoms with Gasteiger partial charge in [-0.25, -0.2) is 4.98 Å². The molecule has 0 saturated heterocycles. The van der Waals surface area contributed by atoms with Gasteiger partial charge in [0.2, 0.25) is 5.91 Å². The third kappa shape index (κ3) is 4.46. The summed E-state index contributed by atoms with van der Waals surface area (Å²) < 4.78 is 0. The lowest BCUT2D eigenvalue weighted by Gasteiger charge is -2.31. The van der Waals surface area contributed by atoms with Crippen LogP contribution in [-0.2, 0) is 10.3 Å². The Hall–Kier alpha value is -2.77. The largest absolute Gasteiger partial charge is 0.327 e. The van der Waals surface area contributed by atoms with E-state index in [9.17, 15) is 9.59 Å². The van der Waals surface area contributed by atoms with E-state index < -0.39 is 5.54 Å². The first-order valence-corrected chi connectivity index (χ1v) is 9.88. The van der Waals surface area contributed by atoms with E-state index in [0.717, 1.165) is 12.0 Å². The van der Waals surface area contributed by atoms with E-state index in [1.165, 1.54) is 6.20 Å². The molecule has 150 valence electrons. The minimum Gasteiger partial charge on any atom is -0.327 e. The van der Waals surface area contributed by atoms with Gasteiger partial charge < -0.3 is 16.4 Å². The minimum atomic E-state index is -0.699. The maximum absolute atomic E-state index is 12.4. The number of nitrogens with zero attached hydrogens (tertiary/aromatic N) is 2. The number of hydrogen-bond donors (Lipinski definition) is 3. The number of nitrogens with two attached hydrogens (primary N) is 1. The molecule has 1 fully saturated rings. The van der Waals surface area contributed by atoms with Crippen LogP contribution in [0.15, 0.2) is 47.6 Å². The van der Waals surface area contributed by atoms with E-state index in [1.54, 1.807) is 18.2 Å². The van der Waals surface area contributed by atoms with Gasteiger partial charge in [0.25, 0.3) is 5.91 Å². The summed E-state index contributed by atoms with van der Waals surface area (Å²) in [6.07, 6.45) is 3.31. The highest BCUT2D eigenvalue weighted by Crippen LogP contribution is 2.36. The fourth-order valence-electron chi connectivity index (χ4n) is 3.54. The number of anilines is 1. The lowest BCUT2D eigenvalue weighted by Crippen LogP contribution is -2.43. The first-order valence-electron chi connectivity index (χ1n) is 9.50. The lowest BCUT2D eigenvalue weighted by molar-refractivity contribution is -0.121. The molecule has 0 bridgehead atoms. The van der Waals surface area contributed by atoms with Crippen LogP contribution in [0.5, 0.6) is 0 Å². The summed E-state index contributed by atoms with van der Waals surface area (Å²) in [5.74, 6) is 0.666. The molecule has 2 unspecified atom stereocenters. The second kappa shape index (κ2) is 7.57. The molecule has 1 aliphatic carbocycles. The molecule has 2 aliphatic rings. The Labute approximate surface area is 173 Å². The zero-order chi connectivity index (χ0) is 20.6. The van der Waals surface area contributed by atoms with Crippen molar-refractivity contribution in [2.75, 3.05) is 5.32 Å². The monoisotopic (exact) mass is 411 g/mol. The molecule has 29 heavy (non-hydrogen) atoms. The second-order valence-electron chi connectivity index (χ2n) is 7.82. The fraction of sp³-hybridized carbons (Fsp3) is 0.333. The Bertz CT molecular complexity index is 991. The van der Waals surface area contributed by atoms with E-state index in [4.69, 9.17) is 22.3 Å². The van der Waals surface area contributed by atoms with Crippen LogP contribution in [0.4, 0.5) is 5.69 Å². The number of hydrogen-bond acceptors (Lipinski definition) is 5. The quantitative estimate of drug-likeness (QED) is 0.702. The van der Waals surface area contributed by atoms with E-state index in [1.807, 2.05) is 25.1 Å². The van der Waals surface area contributed by atoms with Crippen molar-refractivity contribution >= 4 is 34.9 Å². The summed E-state index contributed by atoms with van der Waals surface area (Å²) in [6.45, 7) is 1.93. The van der Waals surface area contributed by atoms with Crippen LogP contribution in [0, 0.1) is 5.92 Å². The average Bonchev–Trinajstić information content (AvgIpc) is 3.36. The van der Waals surface area contributed by atoms with Crippen molar-refractivity contribution in [1.82, 2.24) is 10.3 Å². The molecule has 0 radical (unpaired) electrons. The number of amides is 2. The number of carbonyl (C=O) groups excluding carboxylic acids is 2. The molecule has 7 nitrogen and oxygen atoms in total. The Morgan fingerprint density at radius 2 is 2.17 bits per heavy atom. The van der Waals surface area contributed by atoms with Gasteiger partial charge >= 0.3 is 0 Å². The van der Waals surface area contributed by atoms with Crippen LogP contribution in [0.3, 0.4) is 0 Å². The smallest absolute Gasteiger partial charge is 0.274 e. The molecule has 0 spiro atoms. The van der Waals surface area contributed by atoms with Crippen LogP contribution >= 0.6 is 11.6 Å². The maximum Gasteiger partial charge on any atom is 0.274 e. The normalized spacial score (nSPS) is 25.8. The molecule has 1 aromatic heterocycles. The maximum atomic E-state index is 12.4. The topological polar surface area (TPSA) is 109 Å². The van der Waals surface area contributed by atoms with Gasteiger partial charge in [-0.05, 0) is 49.1 Å². The SMILES string of the molecule is C[C@@]1(c2cccc(NC(=O)c3ccc(Cl)cn3)c2)CC(=O)NC(CC2CC2N)=N1. The van der Waals surface area contributed by atoms with E-state index in [-0.39, 0.29) is 30.0 Å². The Balaban J connectivity index is 1.55. The Kier molecular flexibility index (Phi) is 5.10. The van der Waals surface area contributed by atoms with Gasteiger partial charge in [-0.2, -0.15) is 0 Å². The van der Waals surface area contributed by atoms with Gasteiger partial charge in [-0.3, -0.25) is 14.6 Å². The van der Waals surface area contributed by atoms with Gasteiger partial charge in [0.05, 0.1) is 17.0 Å². The van der Waals surface area contributed by atoms with Crippen molar-refractivity contribution < 1.29 is 9.59 Å². The van der Waals surface area contributed by atoms with Crippen molar-refractivity contribution in [3.8, 4) is 0 Å². The first-order chi connectivity index (χ1) is 13.8. The predicted octanol–water partition coefficient (Wildman–Crippen LogP) is 2.86. The van der Waals surface area contributed by atoms with Gasteiger partial charge in [0.1, 0.15) is 11.5 Å². The predicted molar refractivity (Wildman–Crippen MR) is 112 cm³/mol. The van der Waals surface area contributed by atoms with Crippen molar-refractivity contribution in [2.45, 2.75) is 37.8 Å². The molecule has 4 rings (SSSR count). The molecule has 2 heterocycles. The number of rotatable bonds is 5. The zero-order valence-corrected chi connectivity index (χ0v) is 16.7. The third-order valence-corrected chi connectivity index (χ3v) is 5.53. The Morgan fingerprint density at radius 1 is 1.38 bits per heavy atom. The average molecular weight is 412 g/mol. The lowest BCUT2D eigenvalue weighted by atomic mass is 9.87. The van der Waals surface area contributed by atoms with Gasteiger partial charge in [0, 0.05) is 24.3 Å². The number of benzene rings is 1. The number of amidine groups is 1.